The second-order valence-corrected chi connectivity index (χ2v) is 5.82. The van der Waals surface area contributed by atoms with Crippen LogP contribution in [0.15, 0.2) is 71.6 Å². The van der Waals surface area contributed by atoms with Crippen LogP contribution in [0.3, 0.4) is 0 Å². The van der Waals surface area contributed by atoms with Gasteiger partial charge in [-0.15, -0.1) is 11.8 Å². The molecule has 3 aromatic rings. The zero-order valence-corrected chi connectivity index (χ0v) is 11.9. The molecule has 0 fully saturated rings. The van der Waals surface area contributed by atoms with Gasteiger partial charge in [0.2, 0.25) is 0 Å². The summed E-state index contributed by atoms with van der Waals surface area (Å²) in [5.41, 5.74) is 2.30. The molecule has 20 heavy (non-hydrogen) atoms. The average Bonchev–Trinajstić information content (AvgIpc) is 2.53. The highest BCUT2D eigenvalue weighted by Gasteiger charge is 2.00. The number of fused-ring (bicyclic) bond motifs is 1. The number of aliphatic hydroxyl groups excluding tert-OH is 1. The molecule has 3 aromatic carbocycles. The van der Waals surface area contributed by atoms with Gasteiger partial charge in [-0.25, -0.2) is 0 Å². The molecule has 0 aliphatic heterocycles. The van der Waals surface area contributed by atoms with Gasteiger partial charge in [0.1, 0.15) is 0 Å². The highest BCUT2D eigenvalue weighted by atomic mass is 32.2. The Hall–Kier alpha value is -1.77. The van der Waals surface area contributed by atoms with Crippen LogP contribution in [0.25, 0.3) is 10.8 Å². The molecule has 0 aliphatic rings. The highest BCUT2D eigenvalue weighted by Crippen LogP contribution is 2.27. The SMILES string of the molecule is OCc1ccc2cc(SCc3ccccc3)ccc2c1. The largest absolute Gasteiger partial charge is 0.392 e. The summed E-state index contributed by atoms with van der Waals surface area (Å²) in [6.45, 7) is 0.0977. The van der Waals surface area contributed by atoms with Crippen LogP contribution in [-0.4, -0.2) is 5.11 Å². The topological polar surface area (TPSA) is 20.2 Å². The van der Waals surface area contributed by atoms with Crippen LogP contribution in [0.2, 0.25) is 0 Å². The van der Waals surface area contributed by atoms with Crippen molar-refractivity contribution in [1.29, 1.82) is 0 Å². The minimum Gasteiger partial charge on any atom is -0.392 e. The Bertz CT molecular complexity index is 707. The number of hydrogen-bond donors (Lipinski definition) is 1. The lowest BCUT2D eigenvalue weighted by atomic mass is 10.1. The molecule has 0 atom stereocenters. The van der Waals surface area contributed by atoms with E-state index in [1.165, 1.54) is 21.2 Å². The molecule has 0 heterocycles. The van der Waals surface area contributed by atoms with E-state index in [1.54, 1.807) is 0 Å². The number of hydrogen-bond acceptors (Lipinski definition) is 2. The van der Waals surface area contributed by atoms with Gasteiger partial charge in [-0.05, 0) is 40.1 Å². The molecule has 1 nitrogen and oxygen atoms in total. The van der Waals surface area contributed by atoms with Gasteiger partial charge in [0.05, 0.1) is 6.61 Å². The molecule has 0 saturated heterocycles. The Labute approximate surface area is 123 Å². The minimum absolute atomic E-state index is 0.0977. The molecule has 0 aromatic heterocycles. The fraction of sp³-hybridized carbons (Fsp3) is 0.111. The van der Waals surface area contributed by atoms with Crippen molar-refractivity contribution in [3.63, 3.8) is 0 Å². The van der Waals surface area contributed by atoms with Crippen molar-refractivity contribution >= 4 is 22.5 Å². The zero-order valence-electron chi connectivity index (χ0n) is 11.1. The van der Waals surface area contributed by atoms with E-state index in [9.17, 15) is 0 Å². The number of aliphatic hydroxyl groups is 1. The molecule has 0 radical (unpaired) electrons. The Balaban J connectivity index is 1.79. The van der Waals surface area contributed by atoms with Crippen LogP contribution in [0, 0.1) is 0 Å². The van der Waals surface area contributed by atoms with Gasteiger partial charge in [-0.1, -0.05) is 48.5 Å². The molecule has 2 heteroatoms. The van der Waals surface area contributed by atoms with Crippen molar-refractivity contribution in [2.24, 2.45) is 0 Å². The molecule has 0 saturated carbocycles. The Morgan fingerprint density at radius 2 is 1.50 bits per heavy atom. The maximum absolute atomic E-state index is 9.16. The first-order valence-corrected chi connectivity index (χ1v) is 7.64. The van der Waals surface area contributed by atoms with Crippen molar-refractivity contribution in [3.8, 4) is 0 Å². The molecular weight excluding hydrogens is 264 g/mol. The van der Waals surface area contributed by atoms with Crippen LogP contribution in [0.4, 0.5) is 0 Å². The van der Waals surface area contributed by atoms with Gasteiger partial charge < -0.3 is 5.11 Å². The average molecular weight is 280 g/mol. The van der Waals surface area contributed by atoms with E-state index < -0.39 is 0 Å². The second kappa shape index (κ2) is 6.12. The maximum atomic E-state index is 9.16. The molecule has 3 rings (SSSR count). The lowest BCUT2D eigenvalue weighted by molar-refractivity contribution is 0.282. The summed E-state index contributed by atoms with van der Waals surface area (Å²) in [5.74, 6) is 0.987. The van der Waals surface area contributed by atoms with E-state index in [0.29, 0.717) is 0 Å². The van der Waals surface area contributed by atoms with Crippen molar-refractivity contribution in [2.45, 2.75) is 17.3 Å². The van der Waals surface area contributed by atoms with Gasteiger partial charge in [0, 0.05) is 10.6 Å². The number of benzene rings is 3. The summed E-state index contributed by atoms with van der Waals surface area (Å²) in [6, 6.07) is 23.1. The number of rotatable bonds is 4. The molecule has 0 spiro atoms. The molecule has 1 N–H and O–H groups in total. The molecule has 0 aliphatic carbocycles. The second-order valence-electron chi connectivity index (χ2n) is 4.78. The Kier molecular flexibility index (Phi) is 4.05. The lowest BCUT2D eigenvalue weighted by Crippen LogP contribution is -1.84. The highest BCUT2D eigenvalue weighted by molar-refractivity contribution is 7.98. The predicted molar refractivity (Wildman–Crippen MR) is 85.9 cm³/mol. The van der Waals surface area contributed by atoms with Crippen molar-refractivity contribution in [1.82, 2.24) is 0 Å². The first-order chi connectivity index (χ1) is 9.85. The summed E-state index contributed by atoms with van der Waals surface area (Å²) in [4.78, 5) is 1.28. The van der Waals surface area contributed by atoms with E-state index in [4.69, 9.17) is 5.11 Å². The fourth-order valence-electron chi connectivity index (χ4n) is 2.20. The van der Waals surface area contributed by atoms with E-state index >= 15 is 0 Å². The van der Waals surface area contributed by atoms with E-state index in [1.807, 2.05) is 30.0 Å². The monoisotopic (exact) mass is 280 g/mol. The Morgan fingerprint density at radius 3 is 2.30 bits per heavy atom. The van der Waals surface area contributed by atoms with Crippen molar-refractivity contribution in [2.75, 3.05) is 0 Å². The summed E-state index contributed by atoms with van der Waals surface area (Å²) in [5, 5.41) is 11.6. The summed E-state index contributed by atoms with van der Waals surface area (Å²) in [6.07, 6.45) is 0. The fourth-order valence-corrected chi connectivity index (χ4v) is 3.10. The summed E-state index contributed by atoms with van der Waals surface area (Å²) >= 11 is 1.85. The van der Waals surface area contributed by atoms with Crippen LogP contribution in [0.5, 0.6) is 0 Å². The quantitative estimate of drug-likeness (QED) is 0.703. The van der Waals surface area contributed by atoms with Gasteiger partial charge in [-0.3, -0.25) is 0 Å². The molecular formula is C18H16OS. The van der Waals surface area contributed by atoms with E-state index in [2.05, 4.69) is 48.5 Å². The normalized spacial score (nSPS) is 10.8. The zero-order chi connectivity index (χ0) is 13.8. The molecule has 0 unspecified atom stereocenters. The number of thioether (sulfide) groups is 1. The first kappa shape index (κ1) is 13.2. The Morgan fingerprint density at radius 1 is 0.750 bits per heavy atom. The van der Waals surface area contributed by atoms with Crippen LogP contribution < -0.4 is 0 Å². The predicted octanol–water partition coefficient (Wildman–Crippen LogP) is 4.62. The van der Waals surface area contributed by atoms with Gasteiger partial charge in [0.15, 0.2) is 0 Å². The summed E-state index contributed by atoms with van der Waals surface area (Å²) < 4.78 is 0. The third-order valence-electron chi connectivity index (χ3n) is 3.31. The van der Waals surface area contributed by atoms with Gasteiger partial charge in [-0.2, -0.15) is 0 Å². The molecule has 0 amide bonds. The van der Waals surface area contributed by atoms with Crippen LogP contribution >= 0.6 is 11.8 Å². The van der Waals surface area contributed by atoms with E-state index in [-0.39, 0.29) is 6.61 Å². The molecule has 100 valence electrons. The van der Waals surface area contributed by atoms with Crippen molar-refractivity contribution in [3.05, 3.63) is 77.9 Å². The van der Waals surface area contributed by atoms with Gasteiger partial charge in [0.25, 0.3) is 0 Å². The maximum Gasteiger partial charge on any atom is 0.0682 e. The first-order valence-electron chi connectivity index (χ1n) is 6.65. The minimum atomic E-state index is 0.0977. The van der Waals surface area contributed by atoms with Crippen molar-refractivity contribution < 1.29 is 5.11 Å². The lowest BCUT2D eigenvalue weighted by Gasteiger charge is -2.05. The third-order valence-corrected chi connectivity index (χ3v) is 4.37. The summed E-state index contributed by atoms with van der Waals surface area (Å²) in [7, 11) is 0. The third kappa shape index (κ3) is 3.03. The molecule has 0 bridgehead atoms. The van der Waals surface area contributed by atoms with Crippen LogP contribution in [-0.2, 0) is 12.4 Å². The standard InChI is InChI=1S/C18H16OS/c19-12-15-6-7-17-11-18(9-8-16(17)10-15)20-13-14-4-2-1-3-5-14/h1-11,19H,12-13H2. The smallest absolute Gasteiger partial charge is 0.0682 e. The van der Waals surface area contributed by atoms with Gasteiger partial charge >= 0.3 is 0 Å². The van der Waals surface area contributed by atoms with E-state index in [0.717, 1.165) is 11.3 Å². The van der Waals surface area contributed by atoms with Crippen LogP contribution in [0.1, 0.15) is 11.1 Å².